The number of hydrogen-bond acceptors (Lipinski definition) is 2. The molecular weight excluding hydrogens is 279 g/mol. The summed E-state index contributed by atoms with van der Waals surface area (Å²) in [7, 11) is 0. The van der Waals surface area contributed by atoms with Gasteiger partial charge in [-0.2, -0.15) is 5.26 Å². The van der Waals surface area contributed by atoms with Gasteiger partial charge in [0.2, 0.25) is 0 Å². The molecule has 2 aromatic carbocycles. The summed E-state index contributed by atoms with van der Waals surface area (Å²) in [4.78, 5) is 0. The third-order valence-corrected chi connectivity index (χ3v) is 3.31. The van der Waals surface area contributed by atoms with Crippen molar-refractivity contribution < 1.29 is 0 Å². The largest absolute Gasteiger partial charge is 0.385 e. The summed E-state index contributed by atoms with van der Waals surface area (Å²) in [6, 6.07) is 15.2. The van der Waals surface area contributed by atoms with Crippen molar-refractivity contribution in [2.24, 2.45) is 0 Å². The van der Waals surface area contributed by atoms with Gasteiger partial charge < -0.3 is 5.32 Å². The summed E-state index contributed by atoms with van der Waals surface area (Å²) in [6.07, 6.45) is 0.898. The molecular formula is C15H12Cl2N2. The van der Waals surface area contributed by atoms with Crippen molar-refractivity contribution in [1.82, 2.24) is 0 Å². The van der Waals surface area contributed by atoms with E-state index in [4.69, 9.17) is 28.5 Å². The fourth-order valence-electron chi connectivity index (χ4n) is 1.72. The van der Waals surface area contributed by atoms with Gasteiger partial charge in [0.05, 0.1) is 10.6 Å². The molecule has 4 heteroatoms. The van der Waals surface area contributed by atoms with E-state index < -0.39 is 0 Å². The third-order valence-electron chi connectivity index (χ3n) is 2.75. The van der Waals surface area contributed by atoms with E-state index in [1.165, 1.54) is 5.56 Å². The van der Waals surface area contributed by atoms with Crippen LogP contribution in [-0.4, -0.2) is 6.54 Å². The minimum Gasteiger partial charge on any atom is -0.385 e. The van der Waals surface area contributed by atoms with Crippen molar-refractivity contribution in [3.63, 3.8) is 0 Å². The highest BCUT2D eigenvalue weighted by molar-refractivity contribution is 6.32. The normalized spacial score (nSPS) is 9.95. The number of benzene rings is 2. The molecule has 0 aliphatic rings. The first-order chi connectivity index (χ1) is 9.19. The average Bonchev–Trinajstić information content (AvgIpc) is 2.41. The van der Waals surface area contributed by atoms with Gasteiger partial charge in [-0.1, -0.05) is 35.3 Å². The van der Waals surface area contributed by atoms with Crippen molar-refractivity contribution in [3.05, 3.63) is 63.6 Å². The first kappa shape index (κ1) is 13.7. The molecule has 0 saturated carbocycles. The van der Waals surface area contributed by atoms with Crippen LogP contribution in [0.15, 0.2) is 42.5 Å². The lowest BCUT2D eigenvalue weighted by molar-refractivity contribution is 1.02. The van der Waals surface area contributed by atoms with Crippen LogP contribution in [0.2, 0.25) is 10.0 Å². The Balaban J connectivity index is 1.91. The molecule has 2 nitrogen and oxygen atoms in total. The zero-order valence-corrected chi connectivity index (χ0v) is 11.7. The van der Waals surface area contributed by atoms with Crippen LogP contribution in [0.1, 0.15) is 11.1 Å². The molecule has 0 heterocycles. The van der Waals surface area contributed by atoms with Crippen molar-refractivity contribution in [2.75, 3.05) is 11.9 Å². The molecule has 0 fully saturated rings. The Morgan fingerprint density at radius 3 is 2.42 bits per heavy atom. The minimum atomic E-state index is 0.471. The Morgan fingerprint density at radius 1 is 1.05 bits per heavy atom. The van der Waals surface area contributed by atoms with E-state index in [1.807, 2.05) is 36.4 Å². The maximum Gasteiger partial charge on any atom is 0.101 e. The zero-order chi connectivity index (χ0) is 13.7. The van der Waals surface area contributed by atoms with E-state index >= 15 is 0 Å². The zero-order valence-electron chi connectivity index (χ0n) is 10.2. The molecule has 0 atom stereocenters. The Hall–Kier alpha value is -1.69. The lowest BCUT2D eigenvalue weighted by Gasteiger charge is -2.07. The molecule has 19 heavy (non-hydrogen) atoms. The van der Waals surface area contributed by atoms with Crippen LogP contribution in [-0.2, 0) is 6.42 Å². The second-order valence-corrected chi connectivity index (χ2v) is 4.95. The van der Waals surface area contributed by atoms with Crippen LogP contribution in [0.5, 0.6) is 0 Å². The molecule has 96 valence electrons. The van der Waals surface area contributed by atoms with E-state index in [-0.39, 0.29) is 0 Å². The monoisotopic (exact) mass is 290 g/mol. The second-order valence-electron chi connectivity index (χ2n) is 4.11. The number of hydrogen-bond donors (Lipinski definition) is 1. The van der Waals surface area contributed by atoms with Gasteiger partial charge >= 0.3 is 0 Å². The molecule has 0 aromatic heterocycles. The van der Waals surface area contributed by atoms with Gasteiger partial charge in [0.1, 0.15) is 6.07 Å². The summed E-state index contributed by atoms with van der Waals surface area (Å²) in [5.74, 6) is 0. The van der Waals surface area contributed by atoms with Crippen molar-refractivity contribution in [2.45, 2.75) is 6.42 Å². The predicted molar refractivity (Wildman–Crippen MR) is 79.8 cm³/mol. The van der Waals surface area contributed by atoms with Crippen molar-refractivity contribution >= 4 is 28.9 Å². The van der Waals surface area contributed by atoms with Gasteiger partial charge in [-0.15, -0.1) is 0 Å². The molecule has 0 radical (unpaired) electrons. The first-order valence-corrected chi connectivity index (χ1v) is 6.62. The van der Waals surface area contributed by atoms with Crippen LogP contribution in [0, 0.1) is 11.3 Å². The average molecular weight is 291 g/mol. The summed E-state index contributed by atoms with van der Waals surface area (Å²) >= 11 is 11.8. The first-order valence-electron chi connectivity index (χ1n) is 5.87. The lowest BCUT2D eigenvalue weighted by atomic mass is 10.1. The topological polar surface area (TPSA) is 35.8 Å². The minimum absolute atomic E-state index is 0.471. The van der Waals surface area contributed by atoms with Gasteiger partial charge in [0, 0.05) is 17.3 Å². The fourth-order valence-corrected chi connectivity index (χ4v) is 2.07. The second kappa shape index (κ2) is 6.47. The highest BCUT2D eigenvalue weighted by Crippen LogP contribution is 2.20. The van der Waals surface area contributed by atoms with Gasteiger partial charge in [-0.25, -0.2) is 0 Å². The summed E-state index contributed by atoms with van der Waals surface area (Å²) in [6.45, 7) is 0.795. The highest BCUT2D eigenvalue weighted by Gasteiger charge is 2.00. The molecule has 0 aliphatic carbocycles. The molecule has 0 saturated heterocycles. The van der Waals surface area contributed by atoms with E-state index in [1.54, 1.807) is 12.1 Å². The Labute approximate surface area is 122 Å². The number of rotatable bonds is 4. The molecule has 0 spiro atoms. The Morgan fingerprint density at radius 2 is 1.79 bits per heavy atom. The van der Waals surface area contributed by atoms with Gasteiger partial charge in [0.15, 0.2) is 0 Å². The Kier molecular flexibility index (Phi) is 4.68. The summed E-state index contributed by atoms with van der Waals surface area (Å²) in [5.41, 5.74) is 2.62. The highest BCUT2D eigenvalue weighted by atomic mass is 35.5. The number of nitriles is 1. The van der Waals surface area contributed by atoms with Crippen LogP contribution in [0.25, 0.3) is 0 Å². The quantitative estimate of drug-likeness (QED) is 0.899. The summed E-state index contributed by atoms with van der Waals surface area (Å²) in [5, 5.41) is 13.3. The van der Waals surface area contributed by atoms with Gasteiger partial charge in [-0.3, -0.25) is 0 Å². The summed E-state index contributed by atoms with van der Waals surface area (Å²) < 4.78 is 0. The molecule has 0 amide bonds. The van der Waals surface area contributed by atoms with E-state index in [0.29, 0.717) is 10.6 Å². The van der Waals surface area contributed by atoms with E-state index in [0.717, 1.165) is 23.7 Å². The fraction of sp³-hybridized carbons (Fsp3) is 0.133. The van der Waals surface area contributed by atoms with Crippen molar-refractivity contribution in [1.29, 1.82) is 5.26 Å². The van der Waals surface area contributed by atoms with E-state index in [9.17, 15) is 0 Å². The Bertz CT molecular complexity index is 601. The SMILES string of the molecule is N#Cc1ccc(NCCc2ccc(Cl)cc2)cc1Cl. The van der Waals surface area contributed by atoms with Crippen LogP contribution < -0.4 is 5.32 Å². The number of nitrogens with zero attached hydrogens (tertiary/aromatic N) is 1. The van der Waals surface area contributed by atoms with Crippen LogP contribution in [0.3, 0.4) is 0 Å². The van der Waals surface area contributed by atoms with Crippen LogP contribution >= 0.6 is 23.2 Å². The molecule has 0 aliphatic heterocycles. The third kappa shape index (κ3) is 3.89. The molecule has 2 aromatic rings. The molecule has 0 bridgehead atoms. The lowest BCUT2D eigenvalue weighted by Crippen LogP contribution is -2.04. The molecule has 2 rings (SSSR count). The number of halogens is 2. The predicted octanol–water partition coefficient (Wildman–Crippen LogP) is 4.52. The number of anilines is 1. The molecule has 1 N–H and O–H groups in total. The molecule has 0 unspecified atom stereocenters. The van der Waals surface area contributed by atoms with Gasteiger partial charge in [-0.05, 0) is 42.3 Å². The van der Waals surface area contributed by atoms with Gasteiger partial charge in [0.25, 0.3) is 0 Å². The maximum atomic E-state index is 8.79. The van der Waals surface area contributed by atoms with E-state index in [2.05, 4.69) is 5.32 Å². The number of nitrogens with one attached hydrogen (secondary N) is 1. The van der Waals surface area contributed by atoms with Crippen LogP contribution in [0.4, 0.5) is 5.69 Å². The smallest absolute Gasteiger partial charge is 0.101 e. The maximum absolute atomic E-state index is 8.79. The van der Waals surface area contributed by atoms with Crippen molar-refractivity contribution in [3.8, 4) is 6.07 Å². The standard InChI is InChI=1S/C15H12Cl2N2/c16-13-4-1-11(2-5-13)7-8-19-14-6-3-12(10-18)15(17)9-14/h1-6,9,19H,7-8H2.